The Bertz CT molecular complexity index is 1220. The Hall–Kier alpha value is -4.08. The van der Waals surface area contributed by atoms with Gasteiger partial charge in [0.2, 0.25) is 11.8 Å². The largest absolute Gasteiger partial charge is 0.378 e. The highest BCUT2D eigenvalue weighted by Crippen LogP contribution is 2.22. The highest BCUT2D eigenvalue weighted by Gasteiger charge is 2.13. The summed E-state index contributed by atoms with van der Waals surface area (Å²) >= 11 is 0. The maximum atomic E-state index is 13.6. The fourth-order valence-corrected chi connectivity index (χ4v) is 3.12. The number of nitro groups is 1. The quantitative estimate of drug-likeness (QED) is 0.273. The van der Waals surface area contributed by atoms with Crippen molar-refractivity contribution in [3.63, 3.8) is 0 Å². The van der Waals surface area contributed by atoms with Crippen LogP contribution in [0.2, 0.25) is 0 Å². The first-order valence-electron chi connectivity index (χ1n) is 9.25. The van der Waals surface area contributed by atoms with Crippen LogP contribution in [0.5, 0.6) is 0 Å². The van der Waals surface area contributed by atoms with Gasteiger partial charge in [0.05, 0.1) is 10.6 Å². The molecule has 1 aromatic carbocycles. The van der Waals surface area contributed by atoms with E-state index in [-0.39, 0.29) is 17.3 Å². The number of aromatic nitrogens is 4. The average molecular weight is 407 g/mol. The first-order chi connectivity index (χ1) is 14.5. The van der Waals surface area contributed by atoms with Gasteiger partial charge < -0.3 is 11.1 Å². The van der Waals surface area contributed by atoms with Crippen LogP contribution in [0.4, 0.5) is 21.8 Å². The summed E-state index contributed by atoms with van der Waals surface area (Å²) in [6.45, 7) is 0.575. The second kappa shape index (κ2) is 8.11. The number of nitrogens with one attached hydrogen (secondary N) is 1. The van der Waals surface area contributed by atoms with Crippen molar-refractivity contribution in [3.05, 3.63) is 76.5 Å². The summed E-state index contributed by atoms with van der Waals surface area (Å²) in [5, 5.41) is 14.1. The Kier molecular flexibility index (Phi) is 5.21. The third kappa shape index (κ3) is 4.02. The molecule has 10 heteroatoms. The van der Waals surface area contributed by atoms with Gasteiger partial charge >= 0.3 is 5.69 Å². The summed E-state index contributed by atoms with van der Waals surface area (Å²) in [4.78, 5) is 23.3. The molecule has 0 bridgehead atoms. The standard InChI is InChI=1S/C20H18FN7O2/c21-14-4-1-3-13(11-14)16-12-18-23-9-10-27(18)20(26-16)24-8-2-5-15-6-7-17(28(29)30)19(22)25-15/h1,3-4,6-7,9-12H,2,5,8H2,(H2,22,25)(H,24,26). The molecular weight excluding hydrogens is 389 g/mol. The van der Waals surface area contributed by atoms with E-state index in [4.69, 9.17) is 5.73 Å². The van der Waals surface area contributed by atoms with E-state index in [0.29, 0.717) is 47.9 Å². The van der Waals surface area contributed by atoms with E-state index < -0.39 is 4.92 Å². The molecule has 0 amide bonds. The lowest BCUT2D eigenvalue weighted by Gasteiger charge is -2.11. The van der Waals surface area contributed by atoms with Gasteiger partial charge in [-0.15, -0.1) is 0 Å². The zero-order valence-electron chi connectivity index (χ0n) is 15.8. The number of imidazole rings is 1. The summed E-state index contributed by atoms with van der Waals surface area (Å²) in [6, 6.07) is 11.0. The molecule has 4 aromatic rings. The van der Waals surface area contributed by atoms with Crippen LogP contribution in [0.3, 0.4) is 0 Å². The van der Waals surface area contributed by atoms with Gasteiger partial charge in [-0.05, 0) is 31.0 Å². The number of pyridine rings is 1. The SMILES string of the molecule is Nc1nc(CCCNc2nc(-c3cccc(F)c3)cc3nccn23)ccc1[N+](=O)[O-]. The van der Waals surface area contributed by atoms with Gasteiger partial charge in [-0.1, -0.05) is 12.1 Å². The number of benzene rings is 1. The zero-order valence-corrected chi connectivity index (χ0v) is 15.8. The summed E-state index contributed by atoms with van der Waals surface area (Å²) in [5.41, 5.74) is 8.08. The second-order valence-corrected chi connectivity index (χ2v) is 6.63. The molecule has 0 saturated heterocycles. The van der Waals surface area contributed by atoms with Crippen molar-refractivity contribution in [2.24, 2.45) is 0 Å². The predicted molar refractivity (Wildman–Crippen MR) is 110 cm³/mol. The fourth-order valence-electron chi connectivity index (χ4n) is 3.12. The molecule has 0 spiro atoms. The third-order valence-corrected chi connectivity index (χ3v) is 4.56. The van der Waals surface area contributed by atoms with Crippen LogP contribution in [-0.2, 0) is 6.42 Å². The molecule has 0 aliphatic carbocycles. The van der Waals surface area contributed by atoms with Crippen molar-refractivity contribution in [2.45, 2.75) is 12.8 Å². The van der Waals surface area contributed by atoms with E-state index in [1.165, 1.54) is 18.2 Å². The normalized spacial score (nSPS) is 11.0. The van der Waals surface area contributed by atoms with Gasteiger partial charge in [-0.3, -0.25) is 14.5 Å². The molecule has 9 nitrogen and oxygen atoms in total. The molecule has 0 aliphatic heterocycles. The first-order valence-corrected chi connectivity index (χ1v) is 9.25. The maximum Gasteiger partial charge on any atom is 0.311 e. The first kappa shape index (κ1) is 19.2. The van der Waals surface area contributed by atoms with E-state index >= 15 is 0 Å². The molecule has 3 aromatic heterocycles. The van der Waals surface area contributed by atoms with E-state index in [2.05, 4.69) is 20.3 Å². The summed E-state index contributed by atoms with van der Waals surface area (Å²) in [6.07, 6.45) is 4.75. The number of hydrogen-bond acceptors (Lipinski definition) is 7. The van der Waals surface area contributed by atoms with E-state index in [1.54, 1.807) is 36.7 Å². The lowest BCUT2D eigenvalue weighted by Crippen LogP contribution is -2.10. The zero-order chi connectivity index (χ0) is 21.1. The number of halogens is 1. The summed E-state index contributed by atoms with van der Waals surface area (Å²) in [5.74, 6) is 0.164. The minimum absolute atomic E-state index is 0.0879. The number of rotatable bonds is 7. The maximum absolute atomic E-state index is 13.6. The number of anilines is 2. The molecule has 0 unspecified atom stereocenters. The molecule has 4 rings (SSSR count). The Morgan fingerprint density at radius 2 is 2.07 bits per heavy atom. The number of aryl methyl sites for hydroxylation is 1. The van der Waals surface area contributed by atoms with Crippen LogP contribution in [0.1, 0.15) is 12.1 Å². The number of nitrogens with two attached hydrogens (primary N) is 1. The topological polar surface area (TPSA) is 124 Å². The molecular formula is C20H18FN7O2. The minimum Gasteiger partial charge on any atom is -0.378 e. The monoisotopic (exact) mass is 407 g/mol. The highest BCUT2D eigenvalue weighted by molar-refractivity contribution is 5.66. The van der Waals surface area contributed by atoms with Gasteiger partial charge in [0.15, 0.2) is 0 Å². The predicted octanol–water partition coefficient (Wildman–Crippen LogP) is 3.47. The van der Waals surface area contributed by atoms with Crippen molar-refractivity contribution >= 4 is 23.1 Å². The number of nitrogens with zero attached hydrogens (tertiary/aromatic N) is 5. The highest BCUT2D eigenvalue weighted by atomic mass is 19.1. The average Bonchev–Trinajstić information content (AvgIpc) is 3.20. The van der Waals surface area contributed by atoms with Crippen LogP contribution in [0, 0.1) is 15.9 Å². The van der Waals surface area contributed by atoms with Gasteiger partial charge in [0, 0.05) is 42.3 Å². The molecule has 30 heavy (non-hydrogen) atoms. The van der Waals surface area contributed by atoms with Crippen LogP contribution < -0.4 is 11.1 Å². The van der Waals surface area contributed by atoms with Gasteiger partial charge in [-0.25, -0.2) is 19.3 Å². The van der Waals surface area contributed by atoms with Gasteiger partial charge in [-0.2, -0.15) is 0 Å². The van der Waals surface area contributed by atoms with Crippen molar-refractivity contribution in [3.8, 4) is 11.3 Å². The Morgan fingerprint density at radius 1 is 1.20 bits per heavy atom. The number of hydrogen-bond donors (Lipinski definition) is 2. The van der Waals surface area contributed by atoms with Gasteiger partial charge in [0.1, 0.15) is 11.5 Å². The Balaban J connectivity index is 1.47. The van der Waals surface area contributed by atoms with E-state index in [9.17, 15) is 14.5 Å². The summed E-state index contributed by atoms with van der Waals surface area (Å²) in [7, 11) is 0. The molecule has 0 fully saturated rings. The van der Waals surface area contributed by atoms with E-state index in [1.807, 2.05) is 4.40 Å². The molecule has 3 N–H and O–H groups in total. The minimum atomic E-state index is -0.554. The van der Waals surface area contributed by atoms with Crippen LogP contribution in [0.15, 0.2) is 54.9 Å². The smallest absolute Gasteiger partial charge is 0.311 e. The Labute approximate surface area is 170 Å². The lowest BCUT2D eigenvalue weighted by atomic mass is 10.1. The second-order valence-electron chi connectivity index (χ2n) is 6.63. The molecule has 0 aliphatic rings. The van der Waals surface area contributed by atoms with Crippen LogP contribution in [-0.4, -0.2) is 30.8 Å². The number of fused-ring (bicyclic) bond motifs is 1. The molecule has 0 saturated carbocycles. The van der Waals surface area contributed by atoms with Crippen molar-refractivity contribution in [1.82, 2.24) is 19.4 Å². The van der Waals surface area contributed by atoms with Crippen molar-refractivity contribution in [2.75, 3.05) is 17.6 Å². The van der Waals surface area contributed by atoms with Crippen LogP contribution in [0.25, 0.3) is 16.9 Å². The third-order valence-electron chi connectivity index (χ3n) is 4.56. The number of nitrogen functional groups attached to an aromatic ring is 1. The molecule has 0 radical (unpaired) electrons. The van der Waals surface area contributed by atoms with Crippen molar-refractivity contribution < 1.29 is 9.31 Å². The molecule has 3 heterocycles. The Morgan fingerprint density at radius 3 is 2.83 bits per heavy atom. The lowest BCUT2D eigenvalue weighted by molar-refractivity contribution is -0.384. The van der Waals surface area contributed by atoms with Crippen LogP contribution >= 0.6 is 0 Å². The van der Waals surface area contributed by atoms with Crippen molar-refractivity contribution in [1.29, 1.82) is 0 Å². The van der Waals surface area contributed by atoms with E-state index in [0.717, 1.165) is 0 Å². The summed E-state index contributed by atoms with van der Waals surface area (Å²) < 4.78 is 15.4. The molecule has 0 atom stereocenters. The van der Waals surface area contributed by atoms with Gasteiger partial charge in [0.25, 0.3) is 0 Å². The molecule has 152 valence electrons. The fraction of sp³-hybridized carbons (Fsp3) is 0.150.